The number of carboxylic acid groups (broad SMARTS) is 2. The fraction of sp³-hybridized carbons (Fsp3) is 0.776. The lowest BCUT2D eigenvalue weighted by Crippen LogP contribution is -2.55. The number of carbonyl (C=O) groups is 8. The molecule has 0 aromatic carbocycles. The van der Waals surface area contributed by atoms with E-state index < -0.39 is 53.6 Å². The van der Waals surface area contributed by atoms with Crippen molar-refractivity contribution in [2.75, 3.05) is 79.0 Å². The third kappa shape index (κ3) is 37.4. The number of aromatic amines is 1. The van der Waals surface area contributed by atoms with Crippen LogP contribution in [0.15, 0.2) is 12.5 Å². The minimum absolute atomic E-state index is 0.0206. The summed E-state index contributed by atoms with van der Waals surface area (Å²) >= 11 is 0. The number of amides is 5. The molecule has 1 aromatic rings. The molecule has 1 rings (SSSR count). The van der Waals surface area contributed by atoms with Crippen LogP contribution in [0.4, 0.5) is 0 Å². The van der Waals surface area contributed by atoms with E-state index in [9.17, 15) is 38.4 Å². The molecule has 406 valence electrons. The molecule has 1 heterocycles. The standard InChI is InChI=1S/C49H86N8O14/c1-49(2,57-48(67)40(50)32-39-33-51-37-56-39)41(58)31-38(47(66)55-34-46(64)65)19-17-18-22-52-43(60)35-70-29-28-69-26-24-54-44(61)36-71-30-27-68-25-23-53-42(59)20-15-13-11-9-7-5-3-4-6-8-10-12-14-16-21-45(62)63/h33,37-38,40H,3-32,34-36,50H2,1-2H3,(H,51,56)(H,52,60)(H,53,59)(H,54,61)(H,55,66)(H,57,67)(H,62,63)(H,64,65)/t38-,40+/m1/s1. The Balaban J connectivity index is 2.01. The quantitative estimate of drug-likeness (QED) is 0.0424. The highest BCUT2D eigenvalue weighted by Gasteiger charge is 2.34. The minimum Gasteiger partial charge on any atom is -0.481 e. The van der Waals surface area contributed by atoms with Gasteiger partial charge in [-0.3, -0.25) is 38.4 Å². The van der Waals surface area contributed by atoms with Gasteiger partial charge in [-0.2, -0.15) is 0 Å². The summed E-state index contributed by atoms with van der Waals surface area (Å²) in [4.78, 5) is 103. The predicted octanol–water partition coefficient (Wildman–Crippen LogP) is 2.86. The molecule has 0 aliphatic heterocycles. The lowest BCUT2D eigenvalue weighted by atomic mass is 9.87. The Morgan fingerprint density at radius 3 is 1.59 bits per heavy atom. The maximum atomic E-state index is 13.3. The van der Waals surface area contributed by atoms with Gasteiger partial charge in [0, 0.05) is 63.1 Å². The van der Waals surface area contributed by atoms with E-state index >= 15 is 0 Å². The van der Waals surface area contributed by atoms with Crippen molar-refractivity contribution in [1.29, 1.82) is 0 Å². The van der Waals surface area contributed by atoms with Gasteiger partial charge in [0.25, 0.3) is 0 Å². The van der Waals surface area contributed by atoms with Crippen LogP contribution in [0.3, 0.4) is 0 Å². The Kier molecular flexibility index (Phi) is 37.5. The van der Waals surface area contributed by atoms with Gasteiger partial charge in [-0.1, -0.05) is 83.5 Å². The Hall–Kier alpha value is -5.03. The fourth-order valence-corrected chi connectivity index (χ4v) is 7.22. The van der Waals surface area contributed by atoms with Crippen molar-refractivity contribution in [1.82, 2.24) is 36.6 Å². The molecule has 0 saturated carbocycles. The molecular weight excluding hydrogens is 925 g/mol. The number of hydrogen-bond donors (Lipinski definition) is 9. The summed E-state index contributed by atoms with van der Waals surface area (Å²) in [7, 11) is 0. The summed E-state index contributed by atoms with van der Waals surface area (Å²) in [5.74, 6) is -5.07. The van der Waals surface area contributed by atoms with Crippen LogP contribution in [0.1, 0.15) is 148 Å². The van der Waals surface area contributed by atoms with Crippen molar-refractivity contribution < 1.29 is 67.5 Å². The van der Waals surface area contributed by atoms with Gasteiger partial charge in [-0.05, 0) is 39.5 Å². The number of nitrogens with two attached hydrogens (primary N) is 1. The number of aromatic nitrogens is 2. The summed E-state index contributed by atoms with van der Waals surface area (Å²) < 4.78 is 21.6. The molecule has 22 nitrogen and oxygen atoms in total. The number of H-pyrrole nitrogens is 1. The van der Waals surface area contributed by atoms with Crippen molar-refractivity contribution in [2.24, 2.45) is 11.7 Å². The second-order valence-electron chi connectivity index (χ2n) is 18.2. The second-order valence-corrected chi connectivity index (χ2v) is 18.2. The Bertz CT molecular complexity index is 1650. The zero-order valence-corrected chi connectivity index (χ0v) is 42.5. The van der Waals surface area contributed by atoms with E-state index in [1.807, 2.05) is 0 Å². The molecule has 0 spiro atoms. The zero-order valence-electron chi connectivity index (χ0n) is 42.5. The summed E-state index contributed by atoms with van der Waals surface area (Å²) in [6, 6.07) is -0.953. The van der Waals surface area contributed by atoms with E-state index in [4.69, 9.17) is 34.9 Å². The van der Waals surface area contributed by atoms with Crippen LogP contribution in [0.5, 0.6) is 0 Å². The number of carboxylic acids is 2. The lowest BCUT2D eigenvalue weighted by molar-refractivity contribution is -0.139. The Morgan fingerprint density at radius 2 is 1.08 bits per heavy atom. The predicted molar refractivity (Wildman–Crippen MR) is 264 cm³/mol. The van der Waals surface area contributed by atoms with Gasteiger partial charge in [-0.15, -0.1) is 0 Å². The molecule has 10 N–H and O–H groups in total. The Morgan fingerprint density at radius 1 is 0.592 bits per heavy atom. The van der Waals surface area contributed by atoms with E-state index in [0.717, 1.165) is 38.5 Å². The number of Topliss-reactive ketones (excluding diaryl/α,β-unsaturated/α-hetero) is 1. The van der Waals surface area contributed by atoms with Crippen LogP contribution < -0.4 is 32.3 Å². The average Bonchev–Trinajstić information content (AvgIpc) is 3.84. The van der Waals surface area contributed by atoms with Gasteiger partial charge >= 0.3 is 11.9 Å². The molecule has 0 aliphatic rings. The van der Waals surface area contributed by atoms with Crippen molar-refractivity contribution in [3.05, 3.63) is 18.2 Å². The third-order valence-electron chi connectivity index (χ3n) is 11.4. The molecule has 0 unspecified atom stereocenters. The highest BCUT2D eigenvalue weighted by Crippen LogP contribution is 2.19. The number of ether oxygens (including phenoxy) is 4. The van der Waals surface area contributed by atoms with Gasteiger partial charge in [0.05, 0.1) is 57.5 Å². The van der Waals surface area contributed by atoms with Gasteiger partial charge in [0.15, 0.2) is 5.78 Å². The van der Waals surface area contributed by atoms with Crippen LogP contribution >= 0.6 is 0 Å². The number of ketones is 1. The maximum absolute atomic E-state index is 13.3. The number of unbranched alkanes of at least 4 members (excludes halogenated alkanes) is 14. The SMILES string of the molecule is CC(C)(NC(=O)[C@@H](N)Cc1cnc[nH]1)C(=O)C[C@@H](CCCCNC(=O)COCCOCCNC(=O)COCCOCCNC(=O)CCCCCCCCCCCCCCCCC(=O)O)C(=O)NCC(=O)O. The first-order valence-electron chi connectivity index (χ1n) is 25.5. The van der Waals surface area contributed by atoms with E-state index in [-0.39, 0.29) is 103 Å². The fourth-order valence-electron chi connectivity index (χ4n) is 7.22. The number of aliphatic carboxylic acids is 2. The molecule has 5 amide bonds. The van der Waals surface area contributed by atoms with E-state index in [2.05, 4.69) is 36.6 Å². The monoisotopic (exact) mass is 1010 g/mol. The van der Waals surface area contributed by atoms with Gasteiger partial charge < -0.3 is 66.5 Å². The molecule has 2 atom stereocenters. The van der Waals surface area contributed by atoms with Crippen molar-refractivity contribution >= 4 is 47.3 Å². The van der Waals surface area contributed by atoms with E-state index in [1.54, 1.807) is 0 Å². The first kappa shape index (κ1) is 64.0. The molecular formula is C49H86N8O14. The van der Waals surface area contributed by atoms with Gasteiger partial charge in [0.1, 0.15) is 19.8 Å². The zero-order chi connectivity index (χ0) is 52.4. The normalized spacial score (nSPS) is 12.2. The Labute approximate surface area is 419 Å². The summed E-state index contributed by atoms with van der Waals surface area (Å²) in [5.41, 5.74) is 5.29. The number of hydrogen-bond acceptors (Lipinski definition) is 14. The highest BCUT2D eigenvalue weighted by molar-refractivity contribution is 5.96. The van der Waals surface area contributed by atoms with Gasteiger partial charge in [-0.25, -0.2) is 4.98 Å². The first-order valence-corrected chi connectivity index (χ1v) is 25.5. The molecule has 0 aliphatic carbocycles. The van der Waals surface area contributed by atoms with E-state index in [0.29, 0.717) is 38.1 Å². The van der Waals surface area contributed by atoms with Gasteiger partial charge in [0.2, 0.25) is 29.5 Å². The highest BCUT2D eigenvalue weighted by atomic mass is 16.5. The number of rotatable bonds is 48. The van der Waals surface area contributed by atoms with Crippen LogP contribution in [0, 0.1) is 5.92 Å². The lowest BCUT2D eigenvalue weighted by Gasteiger charge is -2.28. The summed E-state index contributed by atoms with van der Waals surface area (Å²) in [6.45, 7) is 4.45. The number of imidazole rings is 1. The average molecular weight is 1010 g/mol. The number of carbonyl (C=O) groups excluding carboxylic acids is 6. The van der Waals surface area contributed by atoms with Crippen molar-refractivity contribution in [3.8, 4) is 0 Å². The van der Waals surface area contributed by atoms with Crippen LogP contribution in [0.25, 0.3) is 0 Å². The smallest absolute Gasteiger partial charge is 0.322 e. The van der Waals surface area contributed by atoms with Crippen LogP contribution in [-0.4, -0.2) is 158 Å². The molecule has 0 bridgehead atoms. The van der Waals surface area contributed by atoms with Crippen LogP contribution in [0.2, 0.25) is 0 Å². The minimum atomic E-state index is -1.36. The largest absolute Gasteiger partial charge is 0.481 e. The van der Waals surface area contributed by atoms with Crippen molar-refractivity contribution in [2.45, 2.75) is 160 Å². The van der Waals surface area contributed by atoms with Crippen molar-refractivity contribution in [3.63, 3.8) is 0 Å². The number of nitrogens with one attached hydrogen (secondary N) is 6. The first-order chi connectivity index (χ1) is 34.1. The molecule has 71 heavy (non-hydrogen) atoms. The molecule has 22 heteroatoms. The molecule has 0 saturated heterocycles. The van der Waals surface area contributed by atoms with Crippen LogP contribution in [-0.2, 0) is 63.7 Å². The van der Waals surface area contributed by atoms with E-state index in [1.165, 1.54) is 77.7 Å². The third-order valence-corrected chi connectivity index (χ3v) is 11.4. The molecule has 1 aromatic heterocycles. The second kappa shape index (κ2) is 41.6. The maximum Gasteiger partial charge on any atom is 0.322 e. The molecule has 0 radical (unpaired) electrons. The number of nitrogens with zero attached hydrogens (tertiary/aromatic N) is 1. The summed E-state index contributed by atoms with van der Waals surface area (Å²) in [5, 5.41) is 30.9. The topological polar surface area (TPSA) is 329 Å². The molecule has 0 fully saturated rings. The summed E-state index contributed by atoms with van der Waals surface area (Å²) in [6.07, 6.45) is 20.8.